The molecular weight excluding hydrogens is 517 g/mol. The molecule has 3 N–H and O–H groups in total. The summed E-state index contributed by atoms with van der Waals surface area (Å²) >= 11 is 4.31. The number of nitrogens with one attached hydrogen (secondary N) is 2. The van der Waals surface area contributed by atoms with Crippen molar-refractivity contribution in [3.05, 3.63) is 65.0 Å². The maximum Gasteiger partial charge on any atom is 0.243 e. The Morgan fingerprint density at radius 1 is 1.18 bits per heavy atom. The smallest absolute Gasteiger partial charge is 0.243 e. The zero-order valence-corrected chi connectivity index (χ0v) is 23.9. The number of fused-ring (bicyclic) bond motifs is 2. The van der Waals surface area contributed by atoms with Crippen molar-refractivity contribution in [2.24, 2.45) is 0 Å². The molecular formula is C30H42FN3O4S. The van der Waals surface area contributed by atoms with Crippen LogP contribution < -0.4 is 15.4 Å². The van der Waals surface area contributed by atoms with E-state index in [4.69, 9.17) is 4.74 Å². The number of aliphatic hydroxyl groups excluding tert-OH is 1. The molecule has 0 saturated carbocycles. The molecule has 2 bridgehead atoms. The number of nitrogens with zero attached hydrogens (tertiary/aromatic N) is 1. The van der Waals surface area contributed by atoms with Gasteiger partial charge in [0.05, 0.1) is 18.8 Å². The summed E-state index contributed by atoms with van der Waals surface area (Å²) in [6.07, 6.45) is 3.06. The van der Waals surface area contributed by atoms with Crippen LogP contribution >= 0.6 is 12.6 Å². The van der Waals surface area contributed by atoms with Crippen molar-refractivity contribution < 1.29 is 23.8 Å². The molecule has 1 aliphatic rings. The van der Waals surface area contributed by atoms with Crippen molar-refractivity contribution in [1.82, 2.24) is 15.5 Å². The molecule has 0 spiro atoms. The highest BCUT2D eigenvalue weighted by molar-refractivity contribution is 7.80. The summed E-state index contributed by atoms with van der Waals surface area (Å²) in [4.78, 5) is 27.8. The quantitative estimate of drug-likeness (QED) is 0.371. The Hall–Kier alpha value is -2.62. The summed E-state index contributed by atoms with van der Waals surface area (Å²) in [7, 11) is 1.64. The van der Waals surface area contributed by atoms with Crippen molar-refractivity contribution in [1.29, 1.82) is 0 Å². The number of rotatable bonds is 8. The van der Waals surface area contributed by atoms with Gasteiger partial charge in [0, 0.05) is 32.6 Å². The third-order valence-electron chi connectivity index (χ3n) is 7.13. The molecule has 214 valence electrons. The van der Waals surface area contributed by atoms with Gasteiger partial charge in [-0.3, -0.25) is 9.59 Å². The Kier molecular flexibility index (Phi) is 12.6. The summed E-state index contributed by atoms with van der Waals surface area (Å²) < 4.78 is 20.2. The zero-order valence-electron chi connectivity index (χ0n) is 23.0. The van der Waals surface area contributed by atoms with Crippen LogP contribution in [0.5, 0.6) is 5.75 Å². The molecule has 2 unspecified atom stereocenters. The van der Waals surface area contributed by atoms with E-state index in [0.29, 0.717) is 49.5 Å². The van der Waals surface area contributed by atoms with Crippen LogP contribution in [0.25, 0.3) is 0 Å². The summed E-state index contributed by atoms with van der Waals surface area (Å²) in [6, 6.07) is 11.3. The Morgan fingerprint density at radius 3 is 2.74 bits per heavy atom. The molecule has 0 aromatic heterocycles. The molecule has 1 aliphatic heterocycles. The van der Waals surface area contributed by atoms with Crippen LogP contribution in [0.15, 0.2) is 42.5 Å². The van der Waals surface area contributed by atoms with Crippen LogP contribution in [0.3, 0.4) is 0 Å². The lowest BCUT2D eigenvalue weighted by Crippen LogP contribution is -2.55. The van der Waals surface area contributed by atoms with Crippen LogP contribution in [0, 0.1) is 5.82 Å². The van der Waals surface area contributed by atoms with E-state index in [9.17, 15) is 19.1 Å². The fourth-order valence-corrected chi connectivity index (χ4v) is 5.07. The minimum absolute atomic E-state index is 0.106. The number of aryl methyl sites for hydroxylation is 1. The van der Waals surface area contributed by atoms with Crippen LogP contribution in [0.4, 0.5) is 4.39 Å². The number of aliphatic hydroxyl groups is 1. The molecule has 2 aromatic rings. The third-order valence-corrected chi connectivity index (χ3v) is 7.39. The van der Waals surface area contributed by atoms with E-state index in [1.54, 1.807) is 13.1 Å². The molecule has 3 rings (SSSR count). The molecule has 0 fully saturated rings. The Labute approximate surface area is 236 Å². The predicted molar refractivity (Wildman–Crippen MR) is 155 cm³/mol. The normalized spacial score (nSPS) is 20.3. The predicted octanol–water partition coefficient (Wildman–Crippen LogP) is 3.67. The van der Waals surface area contributed by atoms with Gasteiger partial charge in [-0.2, -0.15) is 12.6 Å². The van der Waals surface area contributed by atoms with Gasteiger partial charge in [0.25, 0.3) is 0 Å². The molecule has 39 heavy (non-hydrogen) atoms. The second-order valence-electron chi connectivity index (χ2n) is 10.2. The third kappa shape index (κ3) is 9.81. The van der Waals surface area contributed by atoms with Gasteiger partial charge in [-0.25, -0.2) is 4.39 Å². The van der Waals surface area contributed by atoms with E-state index in [1.807, 2.05) is 12.1 Å². The molecule has 3 atom stereocenters. The van der Waals surface area contributed by atoms with Gasteiger partial charge in [0.15, 0.2) is 0 Å². The fourth-order valence-electron chi connectivity index (χ4n) is 4.82. The van der Waals surface area contributed by atoms with E-state index < -0.39 is 24.0 Å². The summed E-state index contributed by atoms with van der Waals surface area (Å²) in [5, 5.41) is 17.4. The molecule has 0 radical (unpaired) electrons. The Balaban J connectivity index is 1.81. The van der Waals surface area contributed by atoms with Gasteiger partial charge in [-0.05, 0) is 73.1 Å². The fraction of sp³-hybridized carbons (Fsp3) is 0.533. The number of amides is 2. The van der Waals surface area contributed by atoms with Gasteiger partial charge >= 0.3 is 0 Å². The maximum absolute atomic E-state index is 14.5. The number of ether oxygens (including phenoxy) is 1. The SMILES string of the molecule is CCc1cccc(CNC[C@@H](O)C2Cc3cc(F)cc(c3)OCCCCCC(=O)N(C)C(CCS)C(=O)N2)c1. The van der Waals surface area contributed by atoms with Gasteiger partial charge < -0.3 is 25.4 Å². The van der Waals surface area contributed by atoms with Gasteiger partial charge in [-0.1, -0.05) is 31.2 Å². The topological polar surface area (TPSA) is 90.9 Å². The van der Waals surface area contributed by atoms with E-state index in [1.165, 1.54) is 22.6 Å². The summed E-state index contributed by atoms with van der Waals surface area (Å²) in [5.74, 6) is -0.0686. The zero-order chi connectivity index (χ0) is 28.2. The number of hydrogen-bond donors (Lipinski definition) is 4. The molecule has 0 aliphatic carbocycles. The lowest BCUT2D eigenvalue weighted by atomic mass is 9.99. The van der Waals surface area contributed by atoms with E-state index >= 15 is 0 Å². The van der Waals surface area contributed by atoms with Crippen LogP contribution in [0.2, 0.25) is 0 Å². The number of carbonyl (C=O) groups is 2. The first-order chi connectivity index (χ1) is 18.8. The largest absolute Gasteiger partial charge is 0.493 e. The van der Waals surface area contributed by atoms with Crippen LogP contribution in [0.1, 0.15) is 55.7 Å². The van der Waals surface area contributed by atoms with E-state index in [-0.39, 0.29) is 24.8 Å². The first kappa shape index (κ1) is 30.9. The minimum Gasteiger partial charge on any atom is -0.493 e. The highest BCUT2D eigenvalue weighted by Crippen LogP contribution is 2.20. The molecule has 2 aromatic carbocycles. The molecule has 9 heteroatoms. The lowest BCUT2D eigenvalue weighted by Gasteiger charge is -2.31. The molecule has 1 heterocycles. The number of benzene rings is 2. The van der Waals surface area contributed by atoms with Crippen molar-refractivity contribution in [2.45, 2.75) is 76.6 Å². The summed E-state index contributed by atoms with van der Waals surface area (Å²) in [6.45, 7) is 3.29. The number of thiol groups is 1. The first-order valence-corrected chi connectivity index (χ1v) is 14.5. The van der Waals surface area contributed by atoms with Crippen molar-refractivity contribution in [2.75, 3.05) is 26.0 Å². The average molecular weight is 560 g/mol. The Morgan fingerprint density at radius 2 is 1.97 bits per heavy atom. The highest BCUT2D eigenvalue weighted by Gasteiger charge is 2.30. The van der Waals surface area contributed by atoms with Gasteiger partial charge in [0.2, 0.25) is 11.8 Å². The minimum atomic E-state index is -0.965. The second kappa shape index (κ2) is 15.8. The van der Waals surface area contributed by atoms with Crippen molar-refractivity contribution >= 4 is 24.4 Å². The highest BCUT2D eigenvalue weighted by atomic mass is 32.1. The summed E-state index contributed by atoms with van der Waals surface area (Å²) in [5.41, 5.74) is 2.94. The monoisotopic (exact) mass is 559 g/mol. The maximum atomic E-state index is 14.5. The Bertz CT molecular complexity index is 1090. The van der Waals surface area contributed by atoms with Crippen LogP contribution in [-0.4, -0.2) is 66.0 Å². The number of hydrogen-bond acceptors (Lipinski definition) is 6. The lowest BCUT2D eigenvalue weighted by molar-refractivity contribution is -0.139. The van der Waals surface area contributed by atoms with Crippen LogP contribution in [-0.2, 0) is 29.0 Å². The van der Waals surface area contributed by atoms with Gasteiger partial charge in [-0.15, -0.1) is 0 Å². The van der Waals surface area contributed by atoms with E-state index in [0.717, 1.165) is 24.8 Å². The molecule has 0 saturated heterocycles. The van der Waals surface area contributed by atoms with Gasteiger partial charge in [0.1, 0.15) is 17.6 Å². The molecule has 7 nitrogen and oxygen atoms in total. The molecule has 2 amide bonds. The number of likely N-dealkylation sites (N-methyl/N-ethyl adjacent to an activating group) is 1. The number of carbonyl (C=O) groups excluding carboxylic acids is 2. The van der Waals surface area contributed by atoms with Crippen molar-refractivity contribution in [3.63, 3.8) is 0 Å². The second-order valence-corrected chi connectivity index (χ2v) is 10.6. The van der Waals surface area contributed by atoms with E-state index in [2.05, 4.69) is 42.3 Å². The average Bonchev–Trinajstić information content (AvgIpc) is 2.92. The number of halogens is 1. The van der Waals surface area contributed by atoms with Crippen molar-refractivity contribution in [3.8, 4) is 5.75 Å². The first-order valence-electron chi connectivity index (χ1n) is 13.9. The standard InChI is InChI=1S/C30H42FN3O4S/c1-3-21-8-7-9-22(14-21)19-32-20-28(35)26-17-23-15-24(31)18-25(16-23)38-12-6-4-5-10-29(36)34(2)27(11-13-39)30(37)33-26/h7-9,14-16,18,26-28,32,35,39H,3-6,10-13,17,19-20H2,1-2H3,(H,33,37)/t26?,27?,28-/m1/s1.